The number of hydrogen-bond acceptors (Lipinski definition) is 5. The Morgan fingerprint density at radius 3 is 2.66 bits per heavy atom. The van der Waals surface area contributed by atoms with Crippen LogP contribution in [0.25, 0.3) is 10.9 Å². The smallest absolute Gasteiger partial charge is 0.328 e. The zero-order valence-corrected chi connectivity index (χ0v) is 20.5. The van der Waals surface area contributed by atoms with Crippen LogP contribution in [0.15, 0.2) is 18.2 Å². The van der Waals surface area contributed by atoms with Gasteiger partial charge in [-0.25, -0.2) is 9.18 Å². The number of carbonyl (C=O) groups excluding carboxylic acids is 4. The summed E-state index contributed by atoms with van der Waals surface area (Å²) < 4.78 is 18.7. The maximum absolute atomic E-state index is 13.8. The summed E-state index contributed by atoms with van der Waals surface area (Å²) in [6, 6.07) is 3.30. The summed E-state index contributed by atoms with van der Waals surface area (Å²) in [4.78, 5) is 54.0. The van der Waals surface area contributed by atoms with Crippen molar-refractivity contribution in [3.05, 3.63) is 34.7 Å². The van der Waals surface area contributed by atoms with Crippen molar-refractivity contribution >= 4 is 45.9 Å². The van der Waals surface area contributed by atoms with Crippen molar-refractivity contribution in [3.8, 4) is 0 Å². The van der Waals surface area contributed by atoms with Crippen molar-refractivity contribution in [1.82, 2.24) is 10.3 Å². The molecule has 35 heavy (non-hydrogen) atoms. The Kier molecular flexibility index (Phi) is 7.89. The Morgan fingerprint density at radius 2 is 1.97 bits per heavy atom. The van der Waals surface area contributed by atoms with E-state index in [2.05, 4.69) is 10.3 Å². The molecular formula is C26H30ClFN2O5. The Morgan fingerprint density at radius 1 is 1.20 bits per heavy atom. The van der Waals surface area contributed by atoms with Crippen molar-refractivity contribution in [2.24, 2.45) is 17.8 Å². The number of carbonyl (C=O) groups is 4. The zero-order valence-electron chi connectivity index (χ0n) is 19.7. The molecule has 2 aliphatic carbocycles. The minimum Gasteiger partial charge on any atom is -0.467 e. The van der Waals surface area contributed by atoms with Gasteiger partial charge < -0.3 is 15.0 Å². The molecule has 0 saturated heterocycles. The predicted octanol–water partition coefficient (Wildman–Crippen LogP) is 4.76. The Hall–Kier alpha value is -2.74. The predicted molar refractivity (Wildman–Crippen MR) is 129 cm³/mol. The number of aromatic amines is 1. The van der Waals surface area contributed by atoms with Crippen LogP contribution in [-0.2, 0) is 19.1 Å². The third-order valence-electron chi connectivity index (χ3n) is 7.11. The maximum atomic E-state index is 13.8. The summed E-state index contributed by atoms with van der Waals surface area (Å²) in [6.45, 7) is 0. The molecule has 0 bridgehead atoms. The standard InChI is InChI=1S/C26H30ClFN2O5/c1-35-26(34)21(11-15-4-2-3-5-22(15)31)30-25(33)16(10-14-6-7-14)12-23(32)20-13-17-19(29-20)9-8-18(28)24(17)27/h8-9,13-16,21,29H,2-7,10-12H2,1H3,(H,30,33)/t15-,16+,21-/m0/s1. The van der Waals surface area contributed by atoms with Crippen molar-refractivity contribution in [3.63, 3.8) is 0 Å². The first-order valence-electron chi connectivity index (χ1n) is 12.2. The van der Waals surface area contributed by atoms with Crippen molar-refractivity contribution in [1.29, 1.82) is 0 Å². The molecule has 2 fully saturated rings. The van der Waals surface area contributed by atoms with Gasteiger partial charge in [0.25, 0.3) is 0 Å². The Bertz CT molecular complexity index is 1140. The molecule has 1 aromatic heterocycles. The fraction of sp³-hybridized carbons (Fsp3) is 0.538. The molecule has 0 unspecified atom stereocenters. The van der Waals surface area contributed by atoms with Crippen LogP contribution < -0.4 is 5.32 Å². The lowest BCUT2D eigenvalue weighted by Gasteiger charge is -2.26. The van der Waals surface area contributed by atoms with E-state index in [0.717, 1.165) is 25.7 Å². The van der Waals surface area contributed by atoms with Crippen LogP contribution in [-0.4, -0.2) is 41.6 Å². The van der Waals surface area contributed by atoms with E-state index in [4.69, 9.17) is 16.3 Å². The van der Waals surface area contributed by atoms with E-state index >= 15 is 0 Å². The molecule has 2 aliphatic rings. The topological polar surface area (TPSA) is 105 Å². The molecule has 0 aliphatic heterocycles. The molecule has 2 N–H and O–H groups in total. The molecule has 3 atom stereocenters. The Balaban J connectivity index is 1.48. The SMILES string of the molecule is COC(=O)[C@H](C[C@@H]1CCCCC1=O)NC(=O)[C@@H](CC(=O)c1cc2c(Cl)c(F)ccc2[nH]1)CC1CC1. The number of Topliss-reactive ketones (excluding diaryl/α,β-unsaturated/α-hetero) is 2. The second-order valence-electron chi connectivity index (χ2n) is 9.74. The number of hydrogen-bond donors (Lipinski definition) is 2. The van der Waals surface area contributed by atoms with Crippen LogP contribution in [0.3, 0.4) is 0 Å². The molecule has 1 amide bonds. The first-order chi connectivity index (χ1) is 16.8. The molecule has 4 rings (SSSR count). The fourth-order valence-electron chi connectivity index (χ4n) is 4.90. The van der Waals surface area contributed by atoms with Crippen LogP contribution in [0.2, 0.25) is 5.02 Å². The van der Waals surface area contributed by atoms with E-state index in [-0.39, 0.29) is 41.0 Å². The monoisotopic (exact) mass is 504 g/mol. The number of methoxy groups -OCH3 is 1. The lowest BCUT2D eigenvalue weighted by molar-refractivity contribution is -0.146. The van der Waals surface area contributed by atoms with Crippen molar-refractivity contribution in [2.45, 2.75) is 63.8 Å². The van der Waals surface area contributed by atoms with E-state index in [1.807, 2.05) is 0 Å². The Labute approximate surface area is 208 Å². The molecule has 2 aromatic rings. The number of nitrogens with one attached hydrogen (secondary N) is 2. The van der Waals surface area contributed by atoms with Gasteiger partial charge in [0.2, 0.25) is 5.91 Å². The van der Waals surface area contributed by atoms with Crippen molar-refractivity contribution < 1.29 is 28.3 Å². The van der Waals surface area contributed by atoms with Gasteiger partial charge >= 0.3 is 5.97 Å². The van der Waals surface area contributed by atoms with Gasteiger partial charge in [-0.2, -0.15) is 0 Å². The van der Waals surface area contributed by atoms with Gasteiger partial charge in [-0.05, 0) is 49.8 Å². The molecule has 1 heterocycles. The minimum absolute atomic E-state index is 0.0640. The van der Waals surface area contributed by atoms with E-state index in [1.54, 1.807) is 0 Å². The number of fused-ring (bicyclic) bond motifs is 1. The second kappa shape index (κ2) is 10.9. The summed E-state index contributed by atoms with van der Waals surface area (Å²) in [5, 5.41) is 3.11. The van der Waals surface area contributed by atoms with E-state index in [0.29, 0.717) is 36.1 Å². The molecule has 188 valence electrons. The number of esters is 1. The van der Waals surface area contributed by atoms with Gasteiger partial charge in [0, 0.05) is 35.6 Å². The van der Waals surface area contributed by atoms with E-state index in [9.17, 15) is 23.6 Å². The molecule has 0 radical (unpaired) electrons. The fourth-order valence-corrected chi connectivity index (χ4v) is 5.12. The highest BCUT2D eigenvalue weighted by atomic mass is 35.5. The summed E-state index contributed by atoms with van der Waals surface area (Å²) in [5.41, 5.74) is 0.782. The van der Waals surface area contributed by atoms with E-state index < -0.39 is 29.7 Å². The van der Waals surface area contributed by atoms with Gasteiger partial charge in [-0.3, -0.25) is 14.4 Å². The van der Waals surface area contributed by atoms with Crippen LogP contribution in [0.4, 0.5) is 4.39 Å². The van der Waals surface area contributed by atoms with Crippen molar-refractivity contribution in [2.75, 3.05) is 7.11 Å². The lowest BCUT2D eigenvalue weighted by atomic mass is 9.83. The largest absolute Gasteiger partial charge is 0.467 e. The molecule has 0 spiro atoms. The van der Waals surface area contributed by atoms with Gasteiger partial charge in [-0.1, -0.05) is 30.9 Å². The number of benzene rings is 1. The summed E-state index contributed by atoms with van der Waals surface area (Å²) in [5.74, 6) is -2.32. The second-order valence-corrected chi connectivity index (χ2v) is 10.1. The van der Waals surface area contributed by atoms with Gasteiger partial charge in [0.05, 0.1) is 17.8 Å². The third kappa shape index (κ3) is 6.10. The van der Waals surface area contributed by atoms with Gasteiger partial charge in [-0.15, -0.1) is 0 Å². The zero-order chi connectivity index (χ0) is 25.1. The highest BCUT2D eigenvalue weighted by Crippen LogP contribution is 2.37. The summed E-state index contributed by atoms with van der Waals surface area (Å²) >= 11 is 6.03. The van der Waals surface area contributed by atoms with Crippen LogP contribution in [0, 0.1) is 23.6 Å². The maximum Gasteiger partial charge on any atom is 0.328 e. The highest BCUT2D eigenvalue weighted by Gasteiger charge is 2.35. The van der Waals surface area contributed by atoms with Gasteiger partial charge in [0.15, 0.2) is 5.78 Å². The quantitative estimate of drug-likeness (QED) is 0.358. The van der Waals surface area contributed by atoms with Crippen LogP contribution >= 0.6 is 11.6 Å². The molecule has 2 saturated carbocycles. The molecule has 1 aromatic carbocycles. The number of aromatic nitrogens is 1. The molecule has 9 heteroatoms. The summed E-state index contributed by atoms with van der Waals surface area (Å²) in [6.07, 6.45) is 5.60. The molecular weight excluding hydrogens is 475 g/mol. The van der Waals surface area contributed by atoms with E-state index in [1.165, 1.54) is 25.3 Å². The first-order valence-corrected chi connectivity index (χ1v) is 12.6. The highest BCUT2D eigenvalue weighted by molar-refractivity contribution is 6.35. The number of rotatable bonds is 10. The molecule has 7 nitrogen and oxygen atoms in total. The third-order valence-corrected chi connectivity index (χ3v) is 7.50. The number of H-pyrrole nitrogens is 1. The number of ether oxygens (including phenoxy) is 1. The number of ketones is 2. The first kappa shape index (κ1) is 25.4. The lowest BCUT2D eigenvalue weighted by Crippen LogP contribution is -2.46. The van der Waals surface area contributed by atoms with Crippen LogP contribution in [0.1, 0.15) is 68.3 Å². The summed E-state index contributed by atoms with van der Waals surface area (Å²) in [7, 11) is 1.25. The minimum atomic E-state index is -0.939. The number of amides is 1. The van der Waals surface area contributed by atoms with Crippen LogP contribution in [0.5, 0.6) is 0 Å². The van der Waals surface area contributed by atoms with Gasteiger partial charge in [0.1, 0.15) is 17.6 Å². The average Bonchev–Trinajstić information content (AvgIpc) is 3.55. The number of halogens is 2. The average molecular weight is 505 g/mol. The normalized spacial score (nSPS) is 19.9.